The summed E-state index contributed by atoms with van der Waals surface area (Å²) >= 11 is 0. The molecule has 0 amide bonds. The fraction of sp³-hybridized carbons (Fsp3) is 0.571. The van der Waals surface area contributed by atoms with E-state index >= 15 is 0 Å². The summed E-state index contributed by atoms with van der Waals surface area (Å²) < 4.78 is 44.2. The molecular weight excluding hydrogens is 269 g/mol. The third-order valence-corrected chi connectivity index (χ3v) is 3.60. The Hall–Kier alpha value is -1.11. The lowest BCUT2D eigenvalue weighted by Crippen LogP contribution is -2.58. The van der Waals surface area contributed by atoms with Crippen molar-refractivity contribution >= 4 is 0 Å². The van der Waals surface area contributed by atoms with Crippen LogP contribution in [0.3, 0.4) is 0 Å². The van der Waals surface area contributed by atoms with Crippen molar-refractivity contribution in [3.05, 3.63) is 35.4 Å². The lowest BCUT2D eigenvalue weighted by Gasteiger charge is -2.41. The molecule has 1 aliphatic rings. The Labute approximate surface area is 116 Å². The number of hydrogen-bond donors (Lipinski definition) is 1. The van der Waals surface area contributed by atoms with Gasteiger partial charge < -0.3 is 10.5 Å². The fourth-order valence-corrected chi connectivity index (χ4v) is 2.52. The van der Waals surface area contributed by atoms with Gasteiger partial charge in [-0.15, -0.1) is 0 Å². The molecule has 0 saturated carbocycles. The maximum absolute atomic E-state index is 13.0. The van der Waals surface area contributed by atoms with E-state index in [2.05, 4.69) is 0 Å². The monoisotopic (exact) mass is 288 g/mol. The SMILES string of the molecule is CC(N)(Cc1ccccc1C(F)(F)F)N1CCOCC1. The molecule has 1 saturated heterocycles. The molecule has 1 atom stereocenters. The lowest BCUT2D eigenvalue weighted by molar-refractivity contribution is -0.138. The fourth-order valence-electron chi connectivity index (χ4n) is 2.52. The lowest BCUT2D eigenvalue weighted by atomic mass is 9.95. The van der Waals surface area contributed by atoms with Crippen LogP contribution >= 0.6 is 0 Å². The molecule has 1 aliphatic heterocycles. The number of ether oxygens (including phenoxy) is 1. The third-order valence-electron chi connectivity index (χ3n) is 3.60. The summed E-state index contributed by atoms with van der Waals surface area (Å²) in [6.07, 6.45) is -4.19. The molecule has 1 fully saturated rings. The molecule has 2 N–H and O–H groups in total. The van der Waals surface area contributed by atoms with Crippen LogP contribution in [-0.2, 0) is 17.3 Å². The molecule has 0 bridgehead atoms. The second kappa shape index (κ2) is 5.71. The molecule has 0 aliphatic carbocycles. The van der Waals surface area contributed by atoms with Crippen molar-refractivity contribution in [2.75, 3.05) is 26.3 Å². The largest absolute Gasteiger partial charge is 0.416 e. The highest BCUT2D eigenvalue weighted by atomic mass is 19.4. The Morgan fingerprint density at radius 2 is 1.80 bits per heavy atom. The van der Waals surface area contributed by atoms with Crippen molar-refractivity contribution in [1.82, 2.24) is 4.90 Å². The molecule has 6 heteroatoms. The first-order valence-electron chi connectivity index (χ1n) is 6.57. The standard InChI is InChI=1S/C14H19F3N2O/c1-13(18,19-6-8-20-9-7-19)10-11-4-2-3-5-12(11)14(15,16)17/h2-5H,6-10,18H2,1H3. The zero-order chi connectivity index (χ0) is 14.8. The van der Waals surface area contributed by atoms with Crippen molar-refractivity contribution in [2.45, 2.75) is 25.2 Å². The molecular formula is C14H19F3N2O. The van der Waals surface area contributed by atoms with Crippen molar-refractivity contribution < 1.29 is 17.9 Å². The molecule has 1 unspecified atom stereocenters. The first-order valence-corrected chi connectivity index (χ1v) is 6.57. The molecule has 2 rings (SSSR count). The van der Waals surface area contributed by atoms with Gasteiger partial charge in [-0.3, -0.25) is 4.90 Å². The van der Waals surface area contributed by atoms with Gasteiger partial charge in [-0.25, -0.2) is 0 Å². The summed E-state index contributed by atoms with van der Waals surface area (Å²) in [5.41, 5.74) is 5.05. The van der Waals surface area contributed by atoms with Crippen LogP contribution in [0.5, 0.6) is 0 Å². The van der Waals surface area contributed by atoms with Gasteiger partial charge in [0.2, 0.25) is 0 Å². The van der Waals surface area contributed by atoms with Crippen molar-refractivity contribution in [1.29, 1.82) is 0 Å². The van der Waals surface area contributed by atoms with Crippen LogP contribution in [0.15, 0.2) is 24.3 Å². The summed E-state index contributed by atoms with van der Waals surface area (Å²) in [4.78, 5) is 1.98. The van der Waals surface area contributed by atoms with E-state index in [1.807, 2.05) is 4.90 Å². The van der Waals surface area contributed by atoms with E-state index in [4.69, 9.17) is 10.5 Å². The van der Waals surface area contributed by atoms with Crippen LogP contribution in [0, 0.1) is 0 Å². The van der Waals surface area contributed by atoms with Crippen LogP contribution in [0.2, 0.25) is 0 Å². The van der Waals surface area contributed by atoms with Gasteiger partial charge in [-0.2, -0.15) is 13.2 Å². The molecule has 3 nitrogen and oxygen atoms in total. The summed E-state index contributed by atoms with van der Waals surface area (Å²) in [5.74, 6) is 0. The van der Waals surface area contributed by atoms with Crippen LogP contribution in [0.4, 0.5) is 13.2 Å². The highest BCUT2D eigenvalue weighted by molar-refractivity contribution is 5.31. The highest BCUT2D eigenvalue weighted by Gasteiger charge is 2.36. The Kier molecular flexibility index (Phi) is 4.36. The minimum Gasteiger partial charge on any atom is -0.379 e. The summed E-state index contributed by atoms with van der Waals surface area (Å²) in [5, 5.41) is 0. The number of nitrogens with two attached hydrogens (primary N) is 1. The molecule has 112 valence electrons. The number of hydrogen-bond acceptors (Lipinski definition) is 3. The minimum absolute atomic E-state index is 0.155. The van der Waals surface area contributed by atoms with Gasteiger partial charge in [0.1, 0.15) is 0 Å². The normalized spacial score (nSPS) is 20.6. The molecule has 1 aromatic rings. The molecule has 1 heterocycles. The smallest absolute Gasteiger partial charge is 0.379 e. The zero-order valence-electron chi connectivity index (χ0n) is 11.4. The van der Waals surface area contributed by atoms with E-state index in [9.17, 15) is 13.2 Å². The Morgan fingerprint density at radius 1 is 1.20 bits per heavy atom. The summed E-state index contributed by atoms with van der Waals surface area (Å²) in [6, 6.07) is 5.61. The van der Waals surface area contributed by atoms with Crippen LogP contribution in [0.25, 0.3) is 0 Å². The van der Waals surface area contributed by atoms with Gasteiger partial charge >= 0.3 is 6.18 Å². The molecule has 20 heavy (non-hydrogen) atoms. The number of morpholine rings is 1. The highest BCUT2D eigenvalue weighted by Crippen LogP contribution is 2.33. The minimum atomic E-state index is -4.35. The number of rotatable bonds is 3. The van der Waals surface area contributed by atoms with Crippen molar-refractivity contribution in [2.24, 2.45) is 5.73 Å². The van der Waals surface area contributed by atoms with Crippen LogP contribution < -0.4 is 5.73 Å². The molecule has 0 radical (unpaired) electrons. The van der Waals surface area contributed by atoms with Gasteiger partial charge in [-0.1, -0.05) is 18.2 Å². The van der Waals surface area contributed by atoms with E-state index < -0.39 is 17.4 Å². The van der Waals surface area contributed by atoms with E-state index in [0.717, 1.165) is 6.07 Å². The predicted molar refractivity (Wildman–Crippen MR) is 70.1 cm³/mol. The first-order chi connectivity index (χ1) is 9.31. The summed E-state index contributed by atoms with van der Waals surface area (Å²) in [6.45, 7) is 4.18. The Morgan fingerprint density at radius 3 is 2.40 bits per heavy atom. The van der Waals surface area contributed by atoms with Gasteiger partial charge in [-0.05, 0) is 18.6 Å². The van der Waals surface area contributed by atoms with E-state index in [-0.39, 0.29) is 12.0 Å². The quantitative estimate of drug-likeness (QED) is 0.927. The second-order valence-corrected chi connectivity index (χ2v) is 5.29. The van der Waals surface area contributed by atoms with E-state index in [1.165, 1.54) is 12.1 Å². The number of nitrogens with zero attached hydrogens (tertiary/aromatic N) is 1. The van der Waals surface area contributed by atoms with E-state index in [1.54, 1.807) is 13.0 Å². The van der Waals surface area contributed by atoms with E-state index in [0.29, 0.717) is 26.3 Å². The molecule has 0 aromatic heterocycles. The van der Waals surface area contributed by atoms with Crippen LogP contribution in [0.1, 0.15) is 18.1 Å². The van der Waals surface area contributed by atoms with Crippen molar-refractivity contribution in [3.8, 4) is 0 Å². The number of halogens is 3. The number of alkyl halides is 3. The average Bonchev–Trinajstić information content (AvgIpc) is 2.39. The Balaban J connectivity index is 2.20. The summed E-state index contributed by atoms with van der Waals surface area (Å²) in [7, 11) is 0. The van der Waals surface area contributed by atoms with Gasteiger partial charge in [0.25, 0.3) is 0 Å². The van der Waals surface area contributed by atoms with Gasteiger partial charge in [0.15, 0.2) is 0 Å². The topological polar surface area (TPSA) is 38.5 Å². The van der Waals surface area contributed by atoms with Gasteiger partial charge in [0.05, 0.1) is 24.4 Å². The van der Waals surface area contributed by atoms with Crippen LogP contribution in [-0.4, -0.2) is 36.9 Å². The molecule has 0 spiro atoms. The maximum Gasteiger partial charge on any atom is 0.416 e. The third kappa shape index (κ3) is 3.50. The Bertz CT molecular complexity index is 454. The second-order valence-electron chi connectivity index (χ2n) is 5.29. The first kappa shape index (κ1) is 15.3. The number of benzene rings is 1. The average molecular weight is 288 g/mol. The maximum atomic E-state index is 13.0. The predicted octanol–water partition coefficient (Wildman–Crippen LogP) is 2.26. The molecule has 1 aromatic carbocycles. The zero-order valence-corrected chi connectivity index (χ0v) is 11.4. The van der Waals surface area contributed by atoms with Crippen molar-refractivity contribution in [3.63, 3.8) is 0 Å². The van der Waals surface area contributed by atoms with Gasteiger partial charge in [0, 0.05) is 19.5 Å².